The summed E-state index contributed by atoms with van der Waals surface area (Å²) >= 11 is 4.74. The normalized spacial score (nSPS) is 10.0. The lowest BCUT2D eigenvalue weighted by molar-refractivity contribution is 0.0955. The predicted molar refractivity (Wildman–Crippen MR) is 74.0 cm³/mol. The molecule has 5 heteroatoms. The third-order valence-electron chi connectivity index (χ3n) is 1.96. The van der Waals surface area contributed by atoms with Gasteiger partial charge in [-0.15, -0.1) is 6.58 Å². The van der Waals surface area contributed by atoms with E-state index in [1.807, 2.05) is 6.08 Å². The molecule has 0 heterocycles. The maximum absolute atomic E-state index is 13.2. The summed E-state index contributed by atoms with van der Waals surface area (Å²) in [5, 5.41) is 2.74. The van der Waals surface area contributed by atoms with Crippen molar-refractivity contribution in [2.75, 3.05) is 18.1 Å². The average Bonchev–Trinajstić information content (AvgIpc) is 2.32. The zero-order valence-electron chi connectivity index (χ0n) is 9.21. The lowest BCUT2D eigenvalue weighted by Crippen LogP contribution is -2.26. The fourth-order valence-corrected chi connectivity index (χ4v) is 2.20. The minimum atomic E-state index is -0.432. The Labute approximate surface area is 113 Å². The summed E-state index contributed by atoms with van der Waals surface area (Å²) in [6, 6.07) is 4.40. The predicted octanol–water partition coefficient (Wildman–Crippen LogP) is 3.24. The van der Waals surface area contributed by atoms with Crippen molar-refractivity contribution in [3.8, 4) is 0 Å². The van der Waals surface area contributed by atoms with Crippen LogP contribution in [0.2, 0.25) is 0 Å². The smallest absolute Gasteiger partial charge is 0.252 e. The van der Waals surface area contributed by atoms with Crippen LogP contribution >= 0.6 is 27.7 Å². The second kappa shape index (κ2) is 7.50. The number of benzene rings is 1. The van der Waals surface area contributed by atoms with Gasteiger partial charge in [-0.05, 0) is 28.1 Å². The van der Waals surface area contributed by atoms with E-state index < -0.39 is 5.82 Å². The Kier molecular flexibility index (Phi) is 6.29. The van der Waals surface area contributed by atoms with Crippen molar-refractivity contribution < 1.29 is 9.18 Å². The highest BCUT2D eigenvalue weighted by molar-refractivity contribution is 9.10. The maximum Gasteiger partial charge on any atom is 0.252 e. The third-order valence-corrected chi connectivity index (χ3v) is 3.73. The number of carbonyl (C=O) groups is 1. The van der Waals surface area contributed by atoms with E-state index >= 15 is 0 Å². The first-order chi connectivity index (χ1) is 8.16. The van der Waals surface area contributed by atoms with E-state index in [2.05, 4.69) is 27.8 Å². The molecule has 0 aliphatic carbocycles. The van der Waals surface area contributed by atoms with Crippen molar-refractivity contribution >= 4 is 33.6 Å². The second-order valence-corrected chi connectivity index (χ2v) is 5.16. The Balaban J connectivity index is 2.47. The van der Waals surface area contributed by atoms with E-state index in [9.17, 15) is 9.18 Å². The van der Waals surface area contributed by atoms with Crippen LogP contribution in [0.25, 0.3) is 0 Å². The molecule has 0 saturated heterocycles. The second-order valence-electron chi connectivity index (χ2n) is 3.22. The topological polar surface area (TPSA) is 29.1 Å². The first kappa shape index (κ1) is 14.3. The van der Waals surface area contributed by atoms with Crippen molar-refractivity contribution in [3.63, 3.8) is 0 Å². The van der Waals surface area contributed by atoms with Crippen LogP contribution in [-0.2, 0) is 0 Å². The summed E-state index contributed by atoms with van der Waals surface area (Å²) in [7, 11) is 0. The van der Waals surface area contributed by atoms with Gasteiger partial charge in [0.1, 0.15) is 5.82 Å². The zero-order chi connectivity index (χ0) is 12.7. The van der Waals surface area contributed by atoms with E-state index in [0.717, 1.165) is 11.5 Å². The highest BCUT2D eigenvalue weighted by atomic mass is 79.9. The van der Waals surface area contributed by atoms with E-state index in [1.165, 1.54) is 12.1 Å². The molecule has 0 spiro atoms. The Morgan fingerprint density at radius 2 is 2.35 bits per heavy atom. The van der Waals surface area contributed by atoms with Crippen LogP contribution in [-0.4, -0.2) is 24.0 Å². The highest BCUT2D eigenvalue weighted by Crippen LogP contribution is 2.20. The molecule has 1 N–H and O–H groups in total. The first-order valence-electron chi connectivity index (χ1n) is 5.07. The van der Waals surface area contributed by atoms with Gasteiger partial charge >= 0.3 is 0 Å². The van der Waals surface area contributed by atoms with Gasteiger partial charge in [0.25, 0.3) is 5.91 Å². The minimum Gasteiger partial charge on any atom is -0.351 e. The Bertz CT molecular complexity index is 411. The Morgan fingerprint density at radius 1 is 1.59 bits per heavy atom. The van der Waals surface area contributed by atoms with Crippen molar-refractivity contribution in [2.45, 2.75) is 0 Å². The number of thioether (sulfide) groups is 1. The summed E-state index contributed by atoms with van der Waals surface area (Å²) < 4.78 is 13.4. The average molecular weight is 318 g/mol. The highest BCUT2D eigenvalue weighted by Gasteiger charge is 2.11. The number of amides is 1. The van der Waals surface area contributed by atoms with Gasteiger partial charge in [0.15, 0.2) is 0 Å². The van der Waals surface area contributed by atoms with Crippen LogP contribution in [0.3, 0.4) is 0 Å². The van der Waals surface area contributed by atoms with Crippen molar-refractivity contribution in [2.24, 2.45) is 0 Å². The summed E-state index contributed by atoms with van der Waals surface area (Å²) in [6.45, 7) is 4.16. The Morgan fingerprint density at radius 3 is 3.06 bits per heavy atom. The lowest BCUT2D eigenvalue weighted by atomic mass is 10.2. The van der Waals surface area contributed by atoms with Gasteiger partial charge in [0.2, 0.25) is 0 Å². The van der Waals surface area contributed by atoms with E-state index in [-0.39, 0.29) is 10.4 Å². The van der Waals surface area contributed by atoms with Crippen LogP contribution in [0.15, 0.2) is 35.3 Å². The van der Waals surface area contributed by atoms with Crippen molar-refractivity contribution in [3.05, 3.63) is 46.7 Å². The molecule has 1 rings (SSSR count). The summed E-state index contributed by atoms with van der Waals surface area (Å²) in [5.74, 6) is 0.971. The number of carbonyl (C=O) groups excluding carboxylic acids is 1. The van der Waals surface area contributed by atoms with Gasteiger partial charge < -0.3 is 5.32 Å². The summed E-state index contributed by atoms with van der Waals surface area (Å²) in [4.78, 5) is 11.7. The molecule has 0 atom stereocenters. The maximum atomic E-state index is 13.2. The fourth-order valence-electron chi connectivity index (χ4n) is 1.18. The molecular weight excluding hydrogens is 305 g/mol. The molecule has 0 fully saturated rings. The zero-order valence-corrected chi connectivity index (χ0v) is 11.6. The van der Waals surface area contributed by atoms with Crippen LogP contribution < -0.4 is 5.32 Å². The number of hydrogen-bond donors (Lipinski definition) is 1. The largest absolute Gasteiger partial charge is 0.351 e. The minimum absolute atomic E-state index is 0.205. The van der Waals surface area contributed by atoms with Crippen LogP contribution in [0.4, 0.5) is 4.39 Å². The van der Waals surface area contributed by atoms with Gasteiger partial charge in [-0.25, -0.2) is 4.39 Å². The summed E-state index contributed by atoms with van der Waals surface area (Å²) in [5.41, 5.74) is 0.318. The molecule has 1 aromatic rings. The molecule has 2 nitrogen and oxygen atoms in total. The van der Waals surface area contributed by atoms with Gasteiger partial charge in [-0.1, -0.05) is 12.1 Å². The number of rotatable bonds is 6. The van der Waals surface area contributed by atoms with Crippen molar-refractivity contribution in [1.29, 1.82) is 0 Å². The molecule has 92 valence electrons. The van der Waals surface area contributed by atoms with E-state index in [4.69, 9.17) is 0 Å². The standard InChI is InChI=1S/C12H13BrFNOS/c1-2-7-17-8-6-15-12(16)9-4-3-5-10(14)11(9)13/h2-5H,1,6-8H2,(H,15,16). The molecule has 1 amide bonds. The Hall–Kier alpha value is -0.810. The van der Waals surface area contributed by atoms with Gasteiger partial charge in [0.05, 0.1) is 10.0 Å². The van der Waals surface area contributed by atoms with Gasteiger partial charge in [0, 0.05) is 18.1 Å². The fraction of sp³-hybridized carbons (Fsp3) is 0.250. The molecule has 0 aliphatic rings. The molecular formula is C12H13BrFNOS. The molecule has 0 radical (unpaired) electrons. The van der Waals surface area contributed by atoms with E-state index in [1.54, 1.807) is 17.8 Å². The molecule has 0 aliphatic heterocycles. The van der Waals surface area contributed by atoms with E-state index in [0.29, 0.717) is 12.1 Å². The van der Waals surface area contributed by atoms with Crippen LogP contribution in [0.1, 0.15) is 10.4 Å². The van der Waals surface area contributed by atoms with Crippen molar-refractivity contribution in [1.82, 2.24) is 5.32 Å². The molecule has 0 aromatic heterocycles. The first-order valence-corrected chi connectivity index (χ1v) is 7.02. The number of nitrogens with one attached hydrogen (secondary N) is 1. The lowest BCUT2D eigenvalue weighted by Gasteiger charge is -2.06. The molecule has 17 heavy (non-hydrogen) atoms. The molecule has 1 aromatic carbocycles. The number of halogens is 2. The molecule has 0 unspecified atom stereocenters. The SMILES string of the molecule is C=CCSCCNC(=O)c1cccc(F)c1Br. The summed E-state index contributed by atoms with van der Waals surface area (Å²) in [6.07, 6.45) is 1.82. The van der Waals surface area contributed by atoms with Gasteiger partial charge in [-0.2, -0.15) is 11.8 Å². The monoisotopic (exact) mass is 317 g/mol. The number of hydrogen-bond acceptors (Lipinski definition) is 2. The van der Waals surface area contributed by atoms with Gasteiger partial charge in [-0.3, -0.25) is 4.79 Å². The quantitative estimate of drug-likeness (QED) is 0.644. The van der Waals surface area contributed by atoms with Crippen LogP contribution in [0.5, 0.6) is 0 Å². The molecule has 0 saturated carbocycles. The molecule has 0 bridgehead atoms. The van der Waals surface area contributed by atoms with Crippen LogP contribution in [0, 0.1) is 5.82 Å². The third kappa shape index (κ3) is 4.52.